The second-order valence-corrected chi connectivity index (χ2v) is 4.40. The molecular formula is C17H15NO3. The van der Waals surface area contributed by atoms with Crippen LogP contribution in [0.2, 0.25) is 0 Å². The van der Waals surface area contributed by atoms with Crippen molar-refractivity contribution < 1.29 is 14.3 Å². The summed E-state index contributed by atoms with van der Waals surface area (Å²) in [6.07, 6.45) is 0. The molecule has 0 spiro atoms. The van der Waals surface area contributed by atoms with Crippen molar-refractivity contribution in [2.75, 3.05) is 14.2 Å². The van der Waals surface area contributed by atoms with E-state index in [1.807, 2.05) is 6.07 Å². The third-order valence-electron chi connectivity index (χ3n) is 3.20. The quantitative estimate of drug-likeness (QED) is 0.790. The topological polar surface area (TPSA) is 59.3 Å². The van der Waals surface area contributed by atoms with Gasteiger partial charge in [-0.05, 0) is 17.7 Å². The number of methoxy groups -OCH3 is 2. The molecule has 0 saturated carbocycles. The van der Waals surface area contributed by atoms with E-state index in [1.165, 1.54) is 14.2 Å². The van der Waals surface area contributed by atoms with Crippen LogP contribution in [0.1, 0.15) is 21.8 Å². The fourth-order valence-corrected chi connectivity index (χ4v) is 2.09. The molecule has 0 aliphatic carbocycles. The molecule has 0 heterocycles. The highest BCUT2D eigenvalue weighted by molar-refractivity contribution is 6.05. The van der Waals surface area contributed by atoms with Crippen molar-refractivity contribution in [2.45, 2.75) is 5.92 Å². The number of Topliss-reactive ketones (excluding diaryl/α,β-unsaturated/α-hetero) is 1. The van der Waals surface area contributed by atoms with Crippen molar-refractivity contribution in [2.24, 2.45) is 0 Å². The van der Waals surface area contributed by atoms with E-state index in [0.717, 1.165) is 0 Å². The predicted molar refractivity (Wildman–Crippen MR) is 78.7 cm³/mol. The second-order valence-electron chi connectivity index (χ2n) is 4.40. The van der Waals surface area contributed by atoms with Crippen LogP contribution in [0, 0.1) is 11.3 Å². The van der Waals surface area contributed by atoms with Gasteiger partial charge in [-0.1, -0.05) is 30.3 Å². The lowest BCUT2D eigenvalue weighted by Gasteiger charge is -2.13. The first-order valence-electron chi connectivity index (χ1n) is 6.42. The van der Waals surface area contributed by atoms with Crippen LogP contribution in [-0.2, 0) is 0 Å². The molecular weight excluding hydrogens is 266 g/mol. The van der Waals surface area contributed by atoms with Gasteiger partial charge in [0.05, 0.1) is 25.9 Å². The molecule has 0 aliphatic rings. The van der Waals surface area contributed by atoms with E-state index < -0.39 is 5.92 Å². The number of ketones is 1. The number of nitriles is 1. The van der Waals surface area contributed by atoms with E-state index in [1.54, 1.807) is 42.5 Å². The molecule has 0 fully saturated rings. The van der Waals surface area contributed by atoms with E-state index in [4.69, 9.17) is 9.47 Å². The van der Waals surface area contributed by atoms with Gasteiger partial charge in [0, 0.05) is 6.07 Å². The first kappa shape index (κ1) is 14.6. The number of ether oxygens (including phenoxy) is 2. The van der Waals surface area contributed by atoms with Crippen LogP contribution in [0.25, 0.3) is 0 Å². The average Bonchev–Trinajstić information content (AvgIpc) is 2.55. The van der Waals surface area contributed by atoms with Gasteiger partial charge in [0.1, 0.15) is 17.4 Å². The van der Waals surface area contributed by atoms with Gasteiger partial charge >= 0.3 is 0 Å². The smallest absolute Gasteiger partial charge is 0.188 e. The Morgan fingerprint density at radius 1 is 1.10 bits per heavy atom. The molecule has 0 bridgehead atoms. The number of rotatable bonds is 5. The summed E-state index contributed by atoms with van der Waals surface area (Å²) in [4.78, 5) is 12.6. The van der Waals surface area contributed by atoms with Crippen LogP contribution >= 0.6 is 0 Å². The van der Waals surface area contributed by atoms with Crippen LogP contribution in [0.15, 0.2) is 48.5 Å². The Kier molecular flexibility index (Phi) is 4.57. The standard InChI is InChI=1S/C17H15NO3/c1-20-13-8-9-14(16(10-13)21-2)17(19)15(11-18)12-6-4-3-5-7-12/h3-10,15H,1-2H3. The highest BCUT2D eigenvalue weighted by Crippen LogP contribution is 2.29. The summed E-state index contributed by atoms with van der Waals surface area (Å²) in [5, 5.41) is 9.34. The molecule has 0 saturated heterocycles. The summed E-state index contributed by atoms with van der Waals surface area (Å²) in [7, 11) is 3.02. The molecule has 1 unspecified atom stereocenters. The summed E-state index contributed by atoms with van der Waals surface area (Å²) in [5.74, 6) is -0.149. The maximum Gasteiger partial charge on any atom is 0.188 e. The highest BCUT2D eigenvalue weighted by atomic mass is 16.5. The maximum atomic E-state index is 12.6. The number of carbonyl (C=O) groups is 1. The Hall–Kier alpha value is -2.80. The van der Waals surface area contributed by atoms with E-state index >= 15 is 0 Å². The molecule has 2 aromatic carbocycles. The Labute approximate surface area is 123 Å². The van der Waals surface area contributed by atoms with Gasteiger partial charge in [0.2, 0.25) is 0 Å². The van der Waals surface area contributed by atoms with E-state index in [2.05, 4.69) is 6.07 Å². The summed E-state index contributed by atoms with van der Waals surface area (Å²) in [5.41, 5.74) is 1.04. The zero-order valence-corrected chi connectivity index (χ0v) is 11.9. The van der Waals surface area contributed by atoms with E-state index in [0.29, 0.717) is 22.6 Å². The molecule has 1 atom stereocenters. The van der Waals surface area contributed by atoms with Gasteiger partial charge in [0.25, 0.3) is 0 Å². The van der Waals surface area contributed by atoms with Gasteiger partial charge in [-0.15, -0.1) is 0 Å². The minimum Gasteiger partial charge on any atom is -0.497 e. The number of hydrogen-bond donors (Lipinski definition) is 0. The third-order valence-corrected chi connectivity index (χ3v) is 3.20. The number of nitrogens with zero attached hydrogens (tertiary/aromatic N) is 1. The fourth-order valence-electron chi connectivity index (χ4n) is 2.09. The largest absolute Gasteiger partial charge is 0.497 e. The summed E-state index contributed by atoms with van der Waals surface area (Å²) in [6, 6.07) is 16.0. The van der Waals surface area contributed by atoms with Crippen molar-refractivity contribution in [1.82, 2.24) is 0 Å². The SMILES string of the molecule is COc1ccc(C(=O)C(C#N)c2ccccc2)c(OC)c1. The molecule has 0 N–H and O–H groups in total. The zero-order valence-electron chi connectivity index (χ0n) is 11.9. The minimum absolute atomic E-state index is 0.289. The molecule has 106 valence electrons. The normalized spacial score (nSPS) is 11.3. The Morgan fingerprint density at radius 2 is 1.81 bits per heavy atom. The van der Waals surface area contributed by atoms with Crippen molar-refractivity contribution in [3.05, 3.63) is 59.7 Å². The summed E-state index contributed by atoms with van der Waals surface area (Å²) >= 11 is 0. The van der Waals surface area contributed by atoms with Crippen LogP contribution in [0.3, 0.4) is 0 Å². The lowest BCUT2D eigenvalue weighted by molar-refractivity contribution is 0.0976. The number of benzene rings is 2. The predicted octanol–water partition coefficient (Wildman–Crippen LogP) is 3.19. The van der Waals surface area contributed by atoms with Crippen molar-refractivity contribution in [3.63, 3.8) is 0 Å². The Balaban J connectivity index is 2.41. The van der Waals surface area contributed by atoms with Crippen LogP contribution in [0.5, 0.6) is 11.5 Å². The van der Waals surface area contributed by atoms with Crippen LogP contribution in [0.4, 0.5) is 0 Å². The van der Waals surface area contributed by atoms with Crippen molar-refractivity contribution >= 4 is 5.78 Å². The van der Waals surface area contributed by atoms with Crippen LogP contribution < -0.4 is 9.47 Å². The molecule has 0 aliphatic heterocycles. The molecule has 4 heteroatoms. The first-order valence-corrected chi connectivity index (χ1v) is 6.42. The number of hydrogen-bond acceptors (Lipinski definition) is 4. The Morgan fingerprint density at radius 3 is 2.38 bits per heavy atom. The molecule has 4 nitrogen and oxygen atoms in total. The molecule has 21 heavy (non-hydrogen) atoms. The maximum absolute atomic E-state index is 12.6. The van der Waals surface area contributed by atoms with E-state index in [9.17, 15) is 10.1 Å². The molecule has 0 aromatic heterocycles. The first-order chi connectivity index (χ1) is 10.2. The fraction of sp³-hybridized carbons (Fsp3) is 0.176. The average molecular weight is 281 g/mol. The van der Waals surface area contributed by atoms with Gasteiger partial charge in [-0.2, -0.15) is 5.26 Å². The molecule has 2 rings (SSSR count). The molecule has 0 radical (unpaired) electrons. The van der Waals surface area contributed by atoms with Gasteiger partial charge in [0.15, 0.2) is 5.78 Å². The highest BCUT2D eigenvalue weighted by Gasteiger charge is 2.24. The van der Waals surface area contributed by atoms with Crippen LogP contribution in [-0.4, -0.2) is 20.0 Å². The lowest BCUT2D eigenvalue weighted by atomic mass is 9.91. The van der Waals surface area contributed by atoms with Gasteiger partial charge in [-0.3, -0.25) is 4.79 Å². The Bertz CT molecular complexity index is 674. The number of carbonyl (C=O) groups excluding carboxylic acids is 1. The summed E-state index contributed by atoms with van der Waals surface area (Å²) < 4.78 is 10.3. The second kappa shape index (κ2) is 6.58. The van der Waals surface area contributed by atoms with E-state index in [-0.39, 0.29) is 5.78 Å². The summed E-state index contributed by atoms with van der Waals surface area (Å²) in [6.45, 7) is 0. The third kappa shape index (κ3) is 3.03. The van der Waals surface area contributed by atoms with Crippen molar-refractivity contribution in [3.8, 4) is 17.6 Å². The minimum atomic E-state index is -0.853. The monoisotopic (exact) mass is 281 g/mol. The van der Waals surface area contributed by atoms with Gasteiger partial charge < -0.3 is 9.47 Å². The van der Waals surface area contributed by atoms with Crippen molar-refractivity contribution in [1.29, 1.82) is 5.26 Å². The zero-order chi connectivity index (χ0) is 15.2. The molecule has 0 amide bonds. The van der Waals surface area contributed by atoms with Gasteiger partial charge in [-0.25, -0.2) is 0 Å². The lowest BCUT2D eigenvalue weighted by Crippen LogP contribution is -2.12. The molecule has 2 aromatic rings.